The zero-order valence-electron chi connectivity index (χ0n) is 38.5. The van der Waals surface area contributed by atoms with Crippen molar-refractivity contribution in [3.05, 3.63) is 83.6 Å². The van der Waals surface area contributed by atoms with Crippen LogP contribution in [-0.4, -0.2) is 120 Å². The van der Waals surface area contributed by atoms with E-state index < -0.39 is 24.8 Å². The second-order valence-corrected chi connectivity index (χ2v) is 21.7. The lowest BCUT2D eigenvalue weighted by Gasteiger charge is -2.40. The van der Waals surface area contributed by atoms with Crippen molar-refractivity contribution in [2.24, 2.45) is 13.0 Å². The third kappa shape index (κ3) is 9.93. The van der Waals surface area contributed by atoms with Crippen molar-refractivity contribution in [2.45, 2.75) is 19.3 Å². The molecule has 3 saturated heterocycles. The average Bonchev–Trinajstić information content (AvgIpc) is 3.63. The number of rotatable bonds is 13. The smallest absolute Gasteiger partial charge is 0.329 e. The van der Waals surface area contributed by atoms with Crippen LogP contribution in [0.1, 0.15) is 19.3 Å². The molecule has 0 aliphatic carbocycles. The Kier molecular flexibility index (Phi) is 13.3. The fourth-order valence-electron chi connectivity index (χ4n) is 9.33. The number of ether oxygens (including phenoxy) is 1. The van der Waals surface area contributed by atoms with Crippen LogP contribution < -0.4 is 46.0 Å². The number of carbonyl (C=O) groups is 3. The molecule has 22 heteroatoms. The molecule has 18 nitrogen and oxygen atoms in total. The Hall–Kier alpha value is -6.70. The standard InChI is InChI=1S/C47H51BrF2N13O5P/c1-6-41(64)53-35-21-36(55-46-52-25-31(48)44(57-46)54-34-8-7-33-29(19-28(49)24-51-33)43(34)69(4,5)67)40(68-3)23-39(35)61-12-9-27(10-13-61)26-60-15-17-62(18-16-60)38-22-37-30(20-32(38)50)45(58-59(37)2)63-14-11-42(65)56-47(63)66/h6-8,19-25,27H,1,9-18,26H2,2-5H3,(H,53,64)(H,56,65,66)(H2,52,54,55,57). The number of piperidine rings is 1. The highest BCUT2D eigenvalue weighted by molar-refractivity contribution is 9.10. The van der Waals surface area contributed by atoms with Gasteiger partial charge in [0.15, 0.2) is 5.82 Å². The largest absolute Gasteiger partial charge is 0.494 e. The van der Waals surface area contributed by atoms with E-state index in [1.54, 1.807) is 62.6 Å². The number of imide groups is 1. The first-order chi connectivity index (χ1) is 33.1. The molecule has 0 radical (unpaired) electrons. The van der Waals surface area contributed by atoms with E-state index in [0.717, 1.165) is 57.4 Å². The van der Waals surface area contributed by atoms with Crippen LogP contribution in [0.5, 0.6) is 5.75 Å². The molecule has 6 aromatic rings. The zero-order valence-corrected chi connectivity index (χ0v) is 41.0. The number of urea groups is 1. The summed E-state index contributed by atoms with van der Waals surface area (Å²) >= 11 is 3.53. The minimum absolute atomic E-state index is 0.144. The fourth-order valence-corrected chi connectivity index (χ4v) is 11.1. The quantitative estimate of drug-likeness (QED) is 0.0665. The molecule has 0 unspecified atom stereocenters. The lowest BCUT2D eigenvalue weighted by atomic mass is 9.95. The Labute approximate surface area is 405 Å². The third-order valence-corrected chi connectivity index (χ3v) is 14.9. The highest BCUT2D eigenvalue weighted by Gasteiger charge is 2.31. The molecule has 0 saturated carbocycles. The van der Waals surface area contributed by atoms with Gasteiger partial charge in [-0.05, 0) is 90.5 Å². The van der Waals surface area contributed by atoms with Gasteiger partial charge in [0.05, 0.1) is 57.2 Å². The van der Waals surface area contributed by atoms with Gasteiger partial charge in [0, 0.05) is 94.2 Å². The number of anilines is 8. The molecule has 9 rings (SSSR count). The number of fused-ring (bicyclic) bond motifs is 2. The average molecular weight is 1030 g/mol. The molecule has 69 heavy (non-hydrogen) atoms. The Bertz CT molecular complexity index is 3080. The lowest BCUT2D eigenvalue weighted by molar-refractivity contribution is -0.120. The Morgan fingerprint density at radius 2 is 1.68 bits per heavy atom. The number of aryl methyl sites for hydroxylation is 1. The molecule has 3 aliphatic heterocycles. The molecule has 4 amide bonds. The van der Waals surface area contributed by atoms with Crippen LogP contribution in [0.25, 0.3) is 21.8 Å². The zero-order chi connectivity index (χ0) is 48.7. The van der Waals surface area contributed by atoms with E-state index >= 15 is 4.39 Å². The summed E-state index contributed by atoms with van der Waals surface area (Å²) in [5, 5.41) is 17.7. The van der Waals surface area contributed by atoms with Crippen molar-refractivity contribution < 1.29 is 32.5 Å². The van der Waals surface area contributed by atoms with Gasteiger partial charge >= 0.3 is 6.03 Å². The summed E-state index contributed by atoms with van der Waals surface area (Å²) in [4.78, 5) is 58.6. The number of piperazine rings is 1. The molecule has 0 bridgehead atoms. The van der Waals surface area contributed by atoms with Crippen molar-refractivity contribution in [2.75, 3.05) is 103 Å². The minimum atomic E-state index is -2.96. The molecule has 3 aromatic heterocycles. The van der Waals surface area contributed by atoms with Crippen molar-refractivity contribution >= 4 is 114 Å². The van der Waals surface area contributed by atoms with Crippen molar-refractivity contribution in [3.63, 3.8) is 0 Å². The van der Waals surface area contributed by atoms with Gasteiger partial charge in [-0.1, -0.05) is 6.58 Å². The summed E-state index contributed by atoms with van der Waals surface area (Å²) in [6, 6.07) is 11.1. The van der Waals surface area contributed by atoms with Crippen LogP contribution in [0.2, 0.25) is 0 Å². The molecule has 0 spiro atoms. The van der Waals surface area contributed by atoms with Crippen molar-refractivity contribution in [3.8, 4) is 5.75 Å². The van der Waals surface area contributed by atoms with Crippen LogP contribution in [0.3, 0.4) is 0 Å². The van der Waals surface area contributed by atoms with E-state index in [9.17, 15) is 23.3 Å². The molecule has 3 fully saturated rings. The number of nitrogens with one attached hydrogen (secondary N) is 4. The molecule has 6 heterocycles. The van der Waals surface area contributed by atoms with E-state index in [0.29, 0.717) is 90.7 Å². The lowest BCUT2D eigenvalue weighted by Crippen LogP contribution is -2.49. The first-order valence-corrected chi connectivity index (χ1v) is 25.8. The van der Waals surface area contributed by atoms with Crippen molar-refractivity contribution in [1.82, 2.24) is 34.9 Å². The predicted octanol–water partition coefficient (Wildman–Crippen LogP) is 7.31. The molecular weight excluding hydrogens is 975 g/mol. The van der Waals surface area contributed by atoms with Crippen LogP contribution in [0, 0.1) is 17.6 Å². The van der Waals surface area contributed by atoms with E-state index in [1.165, 1.54) is 23.1 Å². The highest BCUT2D eigenvalue weighted by Crippen LogP contribution is 2.43. The van der Waals surface area contributed by atoms with Gasteiger partial charge in [0.1, 0.15) is 30.3 Å². The molecule has 3 aliphatic rings. The van der Waals surface area contributed by atoms with Crippen LogP contribution in [0.15, 0.2) is 72.0 Å². The second kappa shape index (κ2) is 19.4. The number of halogens is 3. The first-order valence-electron chi connectivity index (χ1n) is 22.4. The van der Waals surface area contributed by atoms with Crippen molar-refractivity contribution in [1.29, 1.82) is 0 Å². The Balaban J connectivity index is 0.859. The second-order valence-electron chi connectivity index (χ2n) is 17.7. The van der Waals surface area contributed by atoms with Gasteiger partial charge in [0.25, 0.3) is 0 Å². The van der Waals surface area contributed by atoms with Crippen LogP contribution >= 0.6 is 23.1 Å². The monoisotopic (exact) mass is 1030 g/mol. The summed E-state index contributed by atoms with van der Waals surface area (Å²) in [6.07, 6.45) is 5.86. The number of pyridine rings is 1. The van der Waals surface area contributed by atoms with Gasteiger partial charge in [0.2, 0.25) is 17.8 Å². The Morgan fingerprint density at radius 3 is 2.39 bits per heavy atom. The summed E-state index contributed by atoms with van der Waals surface area (Å²) in [5.41, 5.74) is 3.97. The SMILES string of the molecule is C=CC(=O)Nc1cc(Nc2ncc(Br)c(Nc3ccc4ncc(F)cc4c3P(C)(C)=O)n2)c(OC)cc1N1CCC(CN2CCN(c3cc4c(cc3F)c(N3CCC(=O)NC3=O)nn4C)CC2)CC1. The van der Waals surface area contributed by atoms with E-state index in [1.807, 2.05) is 6.07 Å². The van der Waals surface area contributed by atoms with Gasteiger partial charge in [-0.2, -0.15) is 10.1 Å². The maximum absolute atomic E-state index is 15.8. The maximum Gasteiger partial charge on any atom is 0.329 e. The molecule has 360 valence electrons. The number of carbonyl (C=O) groups excluding carboxylic acids is 3. The number of hydrogen-bond acceptors (Lipinski definition) is 14. The number of amides is 4. The maximum atomic E-state index is 15.8. The Morgan fingerprint density at radius 1 is 0.928 bits per heavy atom. The van der Waals surface area contributed by atoms with Crippen LogP contribution in [0.4, 0.5) is 59.6 Å². The highest BCUT2D eigenvalue weighted by atomic mass is 79.9. The molecule has 0 atom stereocenters. The molecular formula is C47H51BrF2N13O5P. The normalized spacial score (nSPS) is 16.2. The van der Waals surface area contributed by atoms with E-state index in [4.69, 9.17) is 9.72 Å². The minimum Gasteiger partial charge on any atom is -0.494 e. The summed E-state index contributed by atoms with van der Waals surface area (Å²) in [6.45, 7) is 12.3. The summed E-state index contributed by atoms with van der Waals surface area (Å²) in [7, 11) is 0.357. The van der Waals surface area contributed by atoms with Gasteiger partial charge in [-0.25, -0.2) is 18.6 Å². The number of benzene rings is 3. The van der Waals surface area contributed by atoms with Gasteiger partial charge in [-0.15, -0.1) is 0 Å². The number of methoxy groups -OCH3 is 1. The number of hydrogen-bond donors (Lipinski definition) is 4. The summed E-state index contributed by atoms with van der Waals surface area (Å²) in [5.74, 6) is 0.113. The predicted molar refractivity (Wildman–Crippen MR) is 269 cm³/mol. The van der Waals surface area contributed by atoms with Gasteiger partial charge < -0.3 is 35.1 Å². The van der Waals surface area contributed by atoms with Gasteiger partial charge in [-0.3, -0.25) is 34.4 Å². The molecule has 3 aromatic carbocycles. The summed E-state index contributed by atoms with van der Waals surface area (Å²) < 4.78 is 51.8. The van der Waals surface area contributed by atoms with E-state index in [-0.39, 0.29) is 30.7 Å². The number of nitrogens with zero attached hydrogens (tertiary/aromatic N) is 9. The third-order valence-electron chi connectivity index (χ3n) is 12.7. The van der Waals surface area contributed by atoms with E-state index in [2.05, 4.69) is 73.5 Å². The number of aromatic nitrogens is 5. The first kappa shape index (κ1) is 47.4. The van der Waals surface area contributed by atoms with Crippen LogP contribution in [-0.2, 0) is 21.2 Å². The fraction of sp³-hybridized carbons (Fsp3) is 0.340. The topological polar surface area (TPSA) is 195 Å². The molecule has 4 N–H and O–H groups in total.